The summed E-state index contributed by atoms with van der Waals surface area (Å²) in [7, 11) is -1.27. The van der Waals surface area contributed by atoms with Crippen LogP contribution in [0.25, 0.3) is 0 Å². The highest BCUT2D eigenvalue weighted by Gasteiger charge is 2.73. The van der Waals surface area contributed by atoms with Crippen molar-refractivity contribution < 1.29 is 75.5 Å². The molecular formula is C18H27F12N2O4S+. The first kappa shape index (κ1) is 35.5. The molecule has 0 saturated carbocycles. The van der Waals surface area contributed by atoms with Gasteiger partial charge in [0.1, 0.15) is 0 Å². The molecule has 1 unspecified atom stereocenters. The highest BCUT2D eigenvalue weighted by Crippen LogP contribution is 2.52. The highest BCUT2D eigenvalue weighted by atomic mass is 32.2. The Labute approximate surface area is 204 Å². The van der Waals surface area contributed by atoms with Gasteiger partial charge in [0, 0.05) is 25.8 Å². The zero-order chi connectivity index (χ0) is 29.7. The lowest BCUT2D eigenvalue weighted by Crippen LogP contribution is -2.54. The number of quaternary nitrogens is 1. The summed E-state index contributed by atoms with van der Waals surface area (Å²) in [5, 5.41) is 8.77. The molecule has 0 bridgehead atoms. The van der Waals surface area contributed by atoms with E-state index in [9.17, 15) is 65.9 Å². The van der Waals surface area contributed by atoms with E-state index in [1.54, 1.807) is 0 Å². The molecule has 6 nitrogen and oxygen atoms in total. The van der Waals surface area contributed by atoms with E-state index in [-0.39, 0.29) is 30.5 Å². The molecule has 0 aromatic rings. The molecule has 0 heterocycles. The maximum absolute atomic E-state index is 14.0. The van der Waals surface area contributed by atoms with Crippen LogP contribution in [-0.2, 0) is 14.8 Å². The molecule has 19 heteroatoms. The molecular weight excluding hydrogens is 568 g/mol. The second-order valence-corrected chi connectivity index (χ2v) is 11.1. The molecule has 222 valence electrons. The van der Waals surface area contributed by atoms with Gasteiger partial charge in [0.15, 0.2) is 6.54 Å². The minimum Gasteiger partial charge on any atom is -0.477 e. The summed E-state index contributed by atoms with van der Waals surface area (Å²) in [6.07, 6.45) is -27.4. The molecule has 0 saturated heterocycles. The first-order valence-electron chi connectivity index (χ1n) is 10.4. The standard InChI is InChI=1S/C18H26F12N2O4S/c1-32(2,11-13(33)34)7-4-6-31-37(35,36)8-3-5-12(10-15(20,21)18(28,29)30)9-14(19,16(22,23)24)17(25,26)27/h12,31H,3-11H2,1-2H3/p+1. The van der Waals surface area contributed by atoms with Gasteiger partial charge in [-0.15, -0.1) is 0 Å². The Kier molecular flexibility index (Phi) is 11.6. The van der Waals surface area contributed by atoms with Gasteiger partial charge in [0.25, 0.3) is 5.67 Å². The third-order valence-electron chi connectivity index (χ3n) is 5.28. The maximum atomic E-state index is 14.0. The first-order chi connectivity index (χ1) is 16.2. The zero-order valence-corrected chi connectivity index (χ0v) is 20.3. The normalized spacial score (nSPS) is 15.6. The van der Waals surface area contributed by atoms with Crippen molar-refractivity contribution in [3.8, 4) is 0 Å². The predicted molar refractivity (Wildman–Crippen MR) is 105 cm³/mol. The SMILES string of the molecule is C[N+](C)(CCCNS(=O)(=O)CCCC(CC(F)(F)C(F)(F)F)CC(F)(C(F)(F)F)C(F)(F)F)CC(=O)O. The number of likely N-dealkylation sites (N-methyl/N-ethyl adjacent to an activating group) is 1. The number of nitrogens with one attached hydrogen (secondary N) is 1. The highest BCUT2D eigenvalue weighted by molar-refractivity contribution is 7.89. The van der Waals surface area contributed by atoms with Crippen molar-refractivity contribution in [1.29, 1.82) is 0 Å². The van der Waals surface area contributed by atoms with Crippen LogP contribution in [0.5, 0.6) is 0 Å². The second-order valence-electron chi connectivity index (χ2n) is 9.19. The number of alkyl halides is 12. The molecule has 0 spiro atoms. The molecule has 0 amide bonds. The fourth-order valence-corrected chi connectivity index (χ4v) is 4.51. The Hall–Kier alpha value is -1.50. The summed E-state index contributed by atoms with van der Waals surface area (Å²) >= 11 is 0. The number of aliphatic carboxylic acids is 1. The predicted octanol–water partition coefficient (Wildman–Crippen LogP) is 4.66. The molecule has 2 N–H and O–H groups in total. The largest absolute Gasteiger partial charge is 0.477 e. The third-order valence-corrected chi connectivity index (χ3v) is 6.75. The molecule has 0 radical (unpaired) electrons. The van der Waals surface area contributed by atoms with Gasteiger partial charge in [-0.3, -0.25) is 0 Å². The molecule has 37 heavy (non-hydrogen) atoms. The van der Waals surface area contributed by atoms with Gasteiger partial charge in [-0.25, -0.2) is 22.3 Å². The molecule has 0 aromatic carbocycles. The Morgan fingerprint density at radius 1 is 0.838 bits per heavy atom. The molecule has 0 aliphatic carbocycles. The minimum atomic E-state index is -6.70. The van der Waals surface area contributed by atoms with Gasteiger partial charge in [-0.1, -0.05) is 0 Å². The van der Waals surface area contributed by atoms with Gasteiger partial charge < -0.3 is 9.59 Å². The van der Waals surface area contributed by atoms with Crippen molar-refractivity contribution in [3.05, 3.63) is 0 Å². The van der Waals surface area contributed by atoms with Crippen LogP contribution >= 0.6 is 0 Å². The second kappa shape index (κ2) is 12.1. The fourth-order valence-electron chi connectivity index (χ4n) is 3.36. The van der Waals surface area contributed by atoms with E-state index in [1.807, 2.05) is 4.72 Å². The van der Waals surface area contributed by atoms with E-state index in [4.69, 9.17) is 5.11 Å². The van der Waals surface area contributed by atoms with Crippen LogP contribution < -0.4 is 4.72 Å². The number of carboxylic acids is 1. The van der Waals surface area contributed by atoms with Gasteiger partial charge in [-0.2, -0.15) is 48.3 Å². The van der Waals surface area contributed by atoms with Gasteiger partial charge >= 0.3 is 30.4 Å². The quantitative estimate of drug-likeness (QED) is 0.164. The van der Waals surface area contributed by atoms with E-state index < -0.39 is 83.5 Å². The zero-order valence-electron chi connectivity index (χ0n) is 19.5. The number of rotatable bonds is 15. The van der Waals surface area contributed by atoms with Gasteiger partial charge in [-0.05, 0) is 18.8 Å². The van der Waals surface area contributed by atoms with Crippen LogP contribution in [0.2, 0.25) is 0 Å². The fraction of sp³-hybridized carbons (Fsp3) is 0.944. The van der Waals surface area contributed by atoms with Crippen molar-refractivity contribution in [1.82, 2.24) is 4.72 Å². The van der Waals surface area contributed by atoms with Crippen LogP contribution in [-0.4, -0.2) is 93.6 Å². The lowest BCUT2D eigenvalue weighted by molar-refractivity contribution is -0.883. The lowest BCUT2D eigenvalue weighted by atomic mass is 9.84. The van der Waals surface area contributed by atoms with E-state index in [0.717, 1.165) is 0 Å². The number of halogens is 12. The average molecular weight is 595 g/mol. The number of hydrogen-bond donors (Lipinski definition) is 2. The van der Waals surface area contributed by atoms with E-state index in [0.29, 0.717) is 0 Å². The van der Waals surface area contributed by atoms with Crippen molar-refractivity contribution in [3.63, 3.8) is 0 Å². The molecule has 0 aliphatic heterocycles. The van der Waals surface area contributed by atoms with Gasteiger partial charge in [0.2, 0.25) is 10.0 Å². The molecule has 0 rings (SSSR count). The van der Waals surface area contributed by atoms with Gasteiger partial charge in [0.05, 0.1) is 26.4 Å². The Morgan fingerprint density at radius 2 is 1.32 bits per heavy atom. The van der Waals surface area contributed by atoms with Crippen LogP contribution in [0, 0.1) is 5.92 Å². The van der Waals surface area contributed by atoms with Crippen molar-refractivity contribution >= 4 is 16.0 Å². The summed E-state index contributed by atoms with van der Waals surface area (Å²) < 4.78 is 181. The molecule has 1 atom stereocenters. The summed E-state index contributed by atoms with van der Waals surface area (Å²) in [6.45, 7) is -0.422. The summed E-state index contributed by atoms with van der Waals surface area (Å²) in [5.41, 5.74) is -6.11. The monoisotopic (exact) mass is 595 g/mol. The first-order valence-corrected chi connectivity index (χ1v) is 12.1. The summed E-state index contributed by atoms with van der Waals surface area (Å²) in [4.78, 5) is 10.7. The van der Waals surface area contributed by atoms with Crippen molar-refractivity contribution in [2.45, 2.75) is 62.2 Å². The third kappa shape index (κ3) is 11.4. The van der Waals surface area contributed by atoms with E-state index >= 15 is 0 Å². The topological polar surface area (TPSA) is 83.5 Å². The minimum absolute atomic E-state index is 0.0461. The lowest BCUT2D eigenvalue weighted by Gasteiger charge is -2.34. The summed E-state index contributed by atoms with van der Waals surface area (Å²) in [6, 6.07) is 0. The maximum Gasteiger partial charge on any atom is 0.453 e. The van der Waals surface area contributed by atoms with Crippen molar-refractivity contribution in [2.24, 2.45) is 5.92 Å². The number of hydrogen-bond acceptors (Lipinski definition) is 3. The molecule has 0 aliphatic rings. The van der Waals surface area contributed by atoms with Crippen LogP contribution in [0.4, 0.5) is 52.7 Å². The van der Waals surface area contributed by atoms with Crippen LogP contribution in [0.1, 0.15) is 32.1 Å². The van der Waals surface area contributed by atoms with Crippen molar-refractivity contribution in [2.75, 3.05) is 39.5 Å². The number of sulfonamides is 1. The van der Waals surface area contributed by atoms with Crippen LogP contribution in [0.15, 0.2) is 0 Å². The smallest absolute Gasteiger partial charge is 0.453 e. The molecule has 0 fully saturated rings. The number of carboxylic acid groups (broad SMARTS) is 1. The van der Waals surface area contributed by atoms with Crippen LogP contribution in [0.3, 0.4) is 0 Å². The Balaban J connectivity index is 5.40. The van der Waals surface area contributed by atoms with E-state index in [1.165, 1.54) is 14.1 Å². The Bertz CT molecular complexity index is 840. The average Bonchev–Trinajstić information content (AvgIpc) is 2.60. The molecule has 0 aromatic heterocycles. The summed E-state index contributed by atoms with van der Waals surface area (Å²) in [5.74, 6) is -10.8. The number of nitrogens with zero attached hydrogens (tertiary/aromatic N) is 1. The number of carbonyl (C=O) groups is 1. The Morgan fingerprint density at radius 3 is 1.73 bits per heavy atom. The van der Waals surface area contributed by atoms with E-state index in [2.05, 4.69) is 0 Å².